The summed E-state index contributed by atoms with van der Waals surface area (Å²) in [6.07, 6.45) is 2.32. The van der Waals surface area contributed by atoms with Crippen LogP contribution in [0.1, 0.15) is 23.7 Å². The summed E-state index contributed by atoms with van der Waals surface area (Å²) in [6, 6.07) is 10.1. The molecule has 0 bridgehead atoms. The number of rotatable bonds is 5. The summed E-state index contributed by atoms with van der Waals surface area (Å²) in [5.41, 5.74) is 0.975. The lowest BCUT2D eigenvalue weighted by Crippen LogP contribution is -2.50. The molecular weight excluding hydrogens is 309 g/mol. The molecule has 0 spiro atoms. The molecule has 0 unspecified atom stereocenters. The second-order valence-corrected chi connectivity index (χ2v) is 5.88. The van der Waals surface area contributed by atoms with Gasteiger partial charge in [-0.05, 0) is 36.2 Å². The molecule has 1 saturated heterocycles. The van der Waals surface area contributed by atoms with Gasteiger partial charge in [0.05, 0.1) is 6.26 Å². The van der Waals surface area contributed by atoms with Gasteiger partial charge in [0.25, 0.3) is 0 Å². The van der Waals surface area contributed by atoms with Crippen LogP contribution in [0.4, 0.5) is 9.18 Å². The number of carbonyl (C=O) groups is 1. The van der Waals surface area contributed by atoms with Crippen LogP contribution in [-0.4, -0.2) is 43.7 Å². The molecule has 1 aromatic carbocycles. The molecule has 6 heteroatoms. The Balaban J connectivity index is 1.60. The number of piperazine rings is 1. The smallest absolute Gasteiger partial charge is 0.317 e. The van der Waals surface area contributed by atoms with Gasteiger partial charge < -0.3 is 20.0 Å². The van der Waals surface area contributed by atoms with Crippen molar-refractivity contribution >= 4 is 6.03 Å². The van der Waals surface area contributed by atoms with Gasteiger partial charge in [0.1, 0.15) is 11.6 Å². The summed E-state index contributed by atoms with van der Waals surface area (Å²) in [6.45, 7) is 3.65. The largest absolute Gasteiger partial charge is 0.469 e. The first-order valence-electron chi connectivity index (χ1n) is 8.26. The van der Waals surface area contributed by atoms with E-state index in [0.29, 0.717) is 13.0 Å². The number of hydrogen-bond donors (Lipinski definition) is 2. The zero-order valence-electron chi connectivity index (χ0n) is 13.5. The minimum Gasteiger partial charge on any atom is -0.469 e. The van der Waals surface area contributed by atoms with Gasteiger partial charge in [-0.15, -0.1) is 0 Å². The molecule has 1 fully saturated rings. The molecule has 0 aliphatic carbocycles. The van der Waals surface area contributed by atoms with Crippen LogP contribution < -0.4 is 10.6 Å². The molecule has 5 nitrogen and oxygen atoms in total. The predicted octanol–water partition coefficient (Wildman–Crippen LogP) is 2.56. The Labute approximate surface area is 140 Å². The third kappa shape index (κ3) is 4.14. The van der Waals surface area contributed by atoms with Crippen molar-refractivity contribution < 1.29 is 13.6 Å². The third-order valence-corrected chi connectivity index (χ3v) is 4.27. The predicted molar refractivity (Wildman–Crippen MR) is 89.4 cm³/mol. The number of furan rings is 1. The molecule has 24 heavy (non-hydrogen) atoms. The highest BCUT2D eigenvalue weighted by atomic mass is 19.1. The van der Waals surface area contributed by atoms with Crippen molar-refractivity contribution in [3.63, 3.8) is 0 Å². The van der Waals surface area contributed by atoms with E-state index in [1.165, 1.54) is 12.1 Å². The van der Waals surface area contributed by atoms with Gasteiger partial charge >= 0.3 is 6.03 Å². The van der Waals surface area contributed by atoms with E-state index >= 15 is 0 Å². The van der Waals surface area contributed by atoms with Crippen LogP contribution in [0.2, 0.25) is 0 Å². The molecule has 1 aliphatic heterocycles. The minimum absolute atomic E-state index is 0.0103. The summed E-state index contributed by atoms with van der Waals surface area (Å²) in [7, 11) is 0. The number of carbonyl (C=O) groups excluding carboxylic acids is 1. The molecule has 2 N–H and O–H groups in total. The highest BCUT2D eigenvalue weighted by Crippen LogP contribution is 2.28. The van der Waals surface area contributed by atoms with E-state index in [9.17, 15) is 9.18 Å². The van der Waals surface area contributed by atoms with Crippen LogP contribution in [0.5, 0.6) is 0 Å². The van der Waals surface area contributed by atoms with Gasteiger partial charge in [-0.2, -0.15) is 0 Å². The molecule has 3 rings (SSSR count). The average Bonchev–Trinajstić information content (AvgIpc) is 3.15. The van der Waals surface area contributed by atoms with E-state index in [0.717, 1.165) is 37.5 Å². The molecule has 2 aromatic rings. The lowest BCUT2D eigenvalue weighted by atomic mass is 9.93. The molecular formula is C18H22FN3O2. The van der Waals surface area contributed by atoms with Crippen molar-refractivity contribution in [1.29, 1.82) is 0 Å². The van der Waals surface area contributed by atoms with Crippen LogP contribution in [0.15, 0.2) is 47.1 Å². The Hall–Kier alpha value is -2.34. The number of nitrogens with zero attached hydrogens (tertiary/aromatic N) is 1. The van der Waals surface area contributed by atoms with Gasteiger partial charge in [0.15, 0.2) is 0 Å². The molecule has 1 aromatic heterocycles. The molecule has 128 valence electrons. The standard InChI is InChI=1S/C18H22FN3O2/c19-15-5-3-14(4-6-15)16(17-2-1-13-24-17)7-8-21-18(23)22-11-9-20-10-12-22/h1-6,13,16,20H,7-12H2,(H,21,23)/t16-/m1/s1. The van der Waals surface area contributed by atoms with E-state index in [1.54, 1.807) is 18.4 Å². The number of benzene rings is 1. The number of amides is 2. The monoisotopic (exact) mass is 331 g/mol. The van der Waals surface area contributed by atoms with Crippen LogP contribution >= 0.6 is 0 Å². The zero-order chi connectivity index (χ0) is 16.8. The van der Waals surface area contributed by atoms with E-state index in [-0.39, 0.29) is 17.8 Å². The summed E-state index contributed by atoms with van der Waals surface area (Å²) < 4.78 is 18.7. The van der Waals surface area contributed by atoms with Crippen molar-refractivity contribution in [3.05, 3.63) is 59.8 Å². The number of hydrogen-bond acceptors (Lipinski definition) is 3. The van der Waals surface area contributed by atoms with Crippen molar-refractivity contribution in [1.82, 2.24) is 15.5 Å². The van der Waals surface area contributed by atoms with Gasteiger partial charge in [0, 0.05) is 38.6 Å². The van der Waals surface area contributed by atoms with Crippen LogP contribution in [0.3, 0.4) is 0 Å². The first kappa shape index (κ1) is 16.5. The first-order chi connectivity index (χ1) is 11.7. The summed E-state index contributed by atoms with van der Waals surface area (Å²) in [5, 5.41) is 6.19. The Bertz CT molecular complexity index is 637. The fraction of sp³-hybridized carbons (Fsp3) is 0.389. The van der Waals surface area contributed by atoms with Gasteiger partial charge in [0.2, 0.25) is 0 Å². The second kappa shape index (κ2) is 7.97. The summed E-state index contributed by atoms with van der Waals surface area (Å²) in [5.74, 6) is 0.547. The van der Waals surface area contributed by atoms with Crippen LogP contribution in [0, 0.1) is 5.82 Å². The normalized spacial score (nSPS) is 16.0. The number of halogens is 1. The van der Waals surface area contributed by atoms with E-state index in [2.05, 4.69) is 10.6 Å². The lowest BCUT2D eigenvalue weighted by Gasteiger charge is -2.27. The summed E-state index contributed by atoms with van der Waals surface area (Å²) in [4.78, 5) is 14.0. The average molecular weight is 331 g/mol. The Morgan fingerprint density at radius 1 is 1.25 bits per heavy atom. The number of nitrogens with one attached hydrogen (secondary N) is 2. The molecule has 0 radical (unpaired) electrons. The van der Waals surface area contributed by atoms with E-state index in [1.807, 2.05) is 17.0 Å². The maximum absolute atomic E-state index is 13.2. The SMILES string of the molecule is O=C(NCC[C@H](c1ccc(F)cc1)c1ccco1)N1CCNCC1. The van der Waals surface area contributed by atoms with Crippen molar-refractivity contribution in [2.75, 3.05) is 32.7 Å². The molecule has 2 heterocycles. The topological polar surface area (TPSA) is 57.5 Å². The van der Waals surface area contributed by atoms with E-state index < -0.39 is 0 Å². The van der Waals surface area contributed by atoms with Gasteiger partial charge in [-0.1, -0.05) is 12.1 Å². The summed E-state index contributed by atoms with van der Waals surface area (Å²) >= 11 is 0. The van der Waals surface area contributed by atoms with Crippen molar-refractivity contribution in [3.8, 4) is 0 Å². The fourth-order valence-electron chi connectivity index (χ4n) is 2.96. The fourth-order valence-corrected chi connectivity index (χ4v) is 2.96. The zero-order valence-corrected chi connectivity index (χ0v) is 13.5. The van der Waals surface area contributed by atoms with Crippen molar-refractivity contribution in [2.45, 2.75) is 12.3 Å². The van der Waals surface area contributed by atoms with Crippen LogP contribution in [0.25, 0.3) is 0 Å². The maximum atomic E-state index is 13.2. The molecule has 1 atom stereocenters. The Morgan fingerprint density at radius 2 is 2.00 bits per heavy atom. The van der Waals surface area contributed by atoms with Crippen molar-refractivity contribution in [2.24, 2.45) is 0 Å². The highest BCUT2D eigenvalue weighted by molar-refractivity contribution is 5.74. The Kier molecular flexibility index (Phi) is 5.48. The van der Waals surface area contributed by atoms with Crippen LogP contribution in [-0.2, 0) is 0 Å². The van der Waals surface area contributed by atoms with Gasteiger partial charge in [-0.25, -0.2) is 9.18 Å². The Morgan fingerprint density at radius 3 is 2.67 bits per heavy atom. The second-order valence-electron chi connectivity index (χ2n) is 5.88. The highest BCUT2D eigenvalue weighted by Gasteiger charge is 2.19. The maximum Gasteiger partial charge on any atom is 0.317 e. The third-order valence-electron chi connectivity index (χ3n) is 4.27. The molecule has 0 saturated carbocycles. The molecule has 2 amide bonds. The first-order valence-corrected chi connectivity index (χ1v) is 8.26. The molecule has 1 aliphatic rings. The number of urea groups is 1. The van der Waals surface area contributed by atoms with E-state index in [4.69, 9.17) is 4.42 Å². The lowest BCUT2D eigenvalue weighted by molar-refractivity contribution is 0.190. The minimum atomic E-state index is -0.260. The quantitative estimate of drug-likeness (QED) is 0.885. The van der Waals surface area contributed by atoms with Gasteiger partial charge in [-0.3, -0.25) is 0 Å².